The quantitative estimate of drug-likeness (QED) is 0.427. The Labute approximate surface area is 142 Å². The molecule has 24 heavy (non-hydrogen) atoms. The van der Waals surface area contributed by atoms with Crippen LogP contribution in [0.1, 0.15) is 22.8 Å². The molecule has 124 valence electrons. The lowest BCUT2D eigenvalue weighted by Gasteiger charge is -2.07. The molecule has 0 fully saturated rings. The number of carbonyl (C=O) groups is 1. The highest BCUT2D eigenvalue weighted by atomic mass is 16.5. The third-order valence-corrected chi connectivity index (χ3v) is 3.29. The standard InChI is InChI=1S/C20H20O4/c1-14(2)24-17-9-5-15(6-10-17)19(21)12-8-16-7-11-18(22-3)13-20(16)23-4/h5-13H,1H2,2-4H3/b12-8+. The minimum atomic E-state index is -0.102. The van der Waals surface area contributed by atoms with Crippen LogP contribution in [-0.4, -0.2) is 20.0 Å². The van der Waals surface area contributed by atoms with E-state index >= 15 is 0 Å². The van der Waals surface area contributed by atoms with E-state index in [0.717, 1.165) is 5.56 Å². The van der Waals surface area contributed by atoms with Gasteiger partial charge in [0.2, 0.25) is 0 Å². The third kappa shape index (κ3) is 4.49. The van der Waals surface area contributed by atoms with Crippen molar-refractivity contribution in [1.29, 1.82) is 0 Å². The number of ketones is 1. The molecule has 0 atom stereocenters. The summed E-state index contributed by atoms with van der Waals surface area (Å²) in [5.41, 5.74) is 1.38. The molecule has 4 nitrogen and oxygen atoms in total. The minimum Gasteiger partial charge on any atom is -0.497 e. The Morgan fingerprint density at radius 3 is 2.25 bits per heavy atom. The van der Waals surface area contributed by atoms with Crippen LogP contribution in [0, 0.1) is 0 Å². The Kier molecular flexibility index (Phi) is 5.79. The highest BCUT2D eigenvalue weighted by Gasteiger charge is 2.05. The minimum absolute atomic E-state index is 0.102. The maximum absolute atomic E-state index is 12.3. The molecule has 2 rings (SSSR count). The predicted molar refractivity (Wildman–Crippen MR) is 94.8 cm³/mol. The highest BCUT2D eigenvalue weighted by Crippen LogP contribution is 2.25. The van der Waals surface area contributed by atoms with Crippen LogP contribution in [0.3, 0.4) is 0 Å². The van der Waals surface area contributed by atoms with Crippen molar-refractivity contribution in [1.82, 2.24) is 0 Å². The van der Waals surface area contributed by atoms with Crippen LogP contribution >= 0.6 is 0 Å². The summed E-state index contributed by atoms with van der Waals surface area (Å²) in [5, 5.41) is 0. The van der Waals surface area contributed by atoms with E-state index in [1.807, 2.05) is 12.1 Å². The first-order valence-electron chi connectivity index (χ1n) is 7.41. The lowest BCUT2D eigenvalue weighted by Crippen LogP contribution is -1.95. The first-order chi connectivity index (χ1) is 11.5. The fourth-order valence-corrected chi connectivity index (χ4v) is 2.11. The van der Waals surface area contributed by atoms with Crippen LogP contribution in [0.25, 0.3) is 6.08 Å². The van der Waals surface area contributed by atoms with Crippen LogP contribution in [0.2, 0.25) is 0 Å². The van der Waals surface area contributed by atoms with Gasteiger partial charge in [0.15, 0.2) is 5.78 Å². The van der Waals surface area contributed by atoms with Gasteiger partial charge in [-0.25, -0.2) is 0 Å². The van der Waals surface area contributed by atoms with E-state index in [2.05, 4.69) is 6.58 Å². The Morgan fingerprint density at radius 1 is 1.00 bits per heavy atom. The summed E-state index contributed by atoms with van der Waals surface area (Å²) < 4.78 is 15.8. The average molecular weight is 324 g/mol. The van der Waals surface area contributed by atoms with Crippen LogP contribution in [-0.2, 0) is 0 Å². The summed E-state index contributed by atoms with van der Waals surface area (Å²) in [6.45, 7) is 5.45. The zero-order chi connectivity index (χ0) is 17.5. The van der Waals surface area contributed by atoms with E-state index in [1.54, 1.807) is 57.6 Å². The number of hydrogen-bond acceptors (Lipinski definition) is 4. The molecule has 0 radical (unpaired) electrons. The first-order valence-corrected chi connectivity index (χ1v) is 7.41. The number of benzene rings is 2. The fraction of sp³-hybridized carbons (Fsp3) is 0.150. The number of rotatable bonds is 7. The Bertz CT molecular complexity index is 758. The molecule has 0 unspecified atom stereocenters. The van der Waals surface area contributed by atoms with Crippen molar-refractivity contribution >= 4 is 11.9 Å². The molecule has 0 amide bonds. The maximum atomic E-state index is 12.3. The molecule has 0 spiro atoms. The summed E-state index contributed by atoms with van der Waals surface area (Å²) in [7, 11) is 3.17. The van der Waals surface area contributed by atoms with Crippen LogP contribution < -0.4 is 14.2 Å². The molecule has 0 N–H and O–H groups in total. The van der Waals surface area contributed by atoms with Gasteiger partial charge in [-0.3, -0.25) is 4.79 Å². The molecular formula is C20H20O4. The van der Waals surface area contributed by atoms with Crippen LogP contribution in [0.15, 0.2) is 60.9 Å². The monoisotopic (exact) mass is 324 g/mol. The molecule has 0 saturated carbocycles. The van der Waals surface area contributed by atoms with Gasteiger partial charge in [-0.1, -0.05) is 6.58 Å². The first kappa shape index (κ1) is 17.3. The van der Waals surface area contributed by atoms with Crippen molar-refractivity contribution in [3.63, 3.8) is 0 Å². The van der Waals surface area contributed by atoms with E-state index in [1.165, 1.54) is 6.08 Å². The molecular weight excluding hydrogens is 304 g/mol. The van der Waals surface area contributed by atoms with Gasteiger partial charge < -0.3 is 14.2 Å². The molecule has 0 saturated heterocycles. The summed E-state index contributed by atoms with van der Waals surface area (Å²) in [6.07, 6.45) is 3.23. The second kappa shape index (κ2) is 8.02. The number of ether oxygens (including phenoxy) is 3. The molecule has 0 aliphatic heterocycles. The fourth-order valence-electron chi connectivity index (χ4n) is 2.11. The van der Waals surface area contributed by atoms with Crippen molar-refractivity contribution in [3.05, 3.63) is 72.0 Å². The molecule has 0 bridgehead atoms. The molecule has 4 heteroatoms. The van der Waals surface area contributed by atoms with Gasteiger partial charge in [0, 0.05) is 17.2 Å². The van der Waals surface area contributed by atoms with E-state index in [0.29, 0.717) is 28.6 Å². The Morgan fingerprint density at radius 2 is 1.67 bits per heavy atom. The summed E-state index contributed by atoms with van der Waals surface area (Å²) in [4.78, 5) is 12.3. The maximum Gasteiger partial charge on any atom is 0.185 e. The second-order valence-corrected chi connectivity index (χ2v) is 5.13. The van der Waals surface area contributed by atoms with Gasteiger partial charge in [0.25, 0.3) is 0 Å². The van der Waals surface area contributed by atoms with Crippen LogP contribution in [0.4, 0.5) is 0 Å². The average Bonchev–Trinajstić information content (AvgIpc) is 2.59. The topological polar surface area (TPSA) is 44.8 Å². The van der Waals surface area contributed by atoms with Gasteiger partial charge in [-0.2, -0.15) is 0 Å². The molecule has 0 aliphatic rings. The van der Waals surface area contributed by atoms with E-state index in [4.69, 9.17) is 14.2 Å². The summed E-state index contributed by atoms with van der Waals surface area (Å²) >= 11 is 0. The molecule has 0 heterocycles. The summed E-state index contributed by atoms with van der Waals surface area (Å²) in [5.74, 6) is 2.49. The molecule has 2 aromatic carbocycles. The van der Waals surface area contributed by atoms with E-state index < -0.39 is 0 Å². The van der Waals surface area contributed by atoms with Crippen molar-refractivity contribution in [2.24, 2.45) is 0 Å². The highest BCUT2D eigenvalue weighted by molar-refractivity contribution is 6.07. The van der Waals surface area contributed by atoms with Crippen molar-refractivity contribution in [2.75, 3.05) is 14.2 Å². The van der Waals surface area contributed by atoms with Gasteiger partial charge in [-0.05, 0) is 55.5 Å². The Hall–Kier alpha value is -3.01. The zero-order valence-corrected chi connectivity index (χ0v) is 14.0. The lowest BCUT2D eigenvalue weighted by atomic mass is 10.1. The largest absolute Gasteiger partial charge is 0.497 e. The van der Waals surface area contributed by atoms with Gasteiger partial charge >= 0.3 is 0 Å². The predicted octanol–water partition coefficient (Wildman–Crippen LogP) is 4.51. The number of methoxy groups -OCH3 is 2. The molecule has 0 aliphatic carbocycles. The van der Waals surface area contributed by atoms with Crippen LogP contribution in [0.5, 0.6) is 17.2 Å². The SMILES string of the molecule is C=C(C)Oc1ccc(C(=O)/C=C/c2ccc(OC)cc2OC)cc1. The smallest absolute Gasteiger partial charge is 0.185 e. The Balaban J connectivity index is 2.14. The van der Waals surface area contributed by atoms with Crippen molar-refractivity contribution in [2.45, 2.75) is 6.92 Å². The lowest BCUT2D eigenvalue weighted by molar-refractivity contribution is 0.104. The molecule has 2 aromatic rings. The van der Waals surface area contributed by atoms with E-state index in [-0.39, 0.29) is 5.78 Å². The summed E-state index contributed by atoms with van der Waals surface area (Å²) in [6, 6.07) is 12.3. The third-order valence-electron chi connectivity index (χ3n) is 3.29. The van der Waals surface area contributed by atoms with Gasteiger partial charge in [0.05, 0.1) is 20.0 Å². The zero-order valence-electron chi connectivity index (χ0n) is 14.0. The van der Waals surface area contributed by atoms with Gasteiger partial charge in [-0.15, -0.1) is 0 Å². The van der Waals surface area contributed by atoms with E-state index in [9.17, 15) is 4.79 Å². The molecule has 0 aromatic heterocycles. The number of allylic oxidation sites excluding steroid dienone is 2. The second-order valence-electron chi connectivity index (χ2n) is 5.13. The van der Waals surface area contributed by atoms with Crippen molar-refractivity contribution in [3.8, 4) is 17.2 Å². The number of hydrogen-bond donors (Lipinski definition) is 0. The normalized spacial score (nSPS) is 10.5. The van der Waals surface area contributed by atoms with Gasteiger partial charge in [0.1, 0.15) is 17.2 Å². The number of carbonyl (C=O) groups excluding carboxylic acids is 1. The van der Waals surface area contributed by atoms with Crippen molar-refractivity contribution < 1.29 is 19.0 Å².